The number of nitrogens with zero attached hydrogens (tertiary/aromatic N) is 2. The Labute approximate surface area is 85.8 Å². The second kappa shape index (κ2) is 4.80. The number of methoxy groups -OCH3 is 2. The quantitative estimate of drug-likeness (QED) is 0.424. The van der Waals surface area contributed by atoms with Crippen molar-refractivity contribution >= 4 is 18.0 Å². The van der Waals surface area contributed by atoms with Crippen molar-refractivity contribution in [2.24, 2.45) is 0 Å². The Balaban J connectivity index is 3.31. The first-order valence-corrected chi connectivity index (χ1v) is 4.98. The Hall–Kier alpha value is -1.30. The molecule has 0 saturated heterocycles. The second-order valence-electron chi connectivity index (χ2n) is 2.26. The predicted octanol–water partition coefficient (Wildman–Crippen LogP) is 1.03. The van der Waals surface area contributed by atoms with Crippen LogP contribution in [-0.2, 0) is 0 Å². The standard InChI is InChI=1S/C8H10N2O3S/c1-12-6-5(4-11)7(13-2)10-8(9-6)14-3/h4H,1-3H3. The van der Waals surface area contributed by atoms with Crippen molar-refractivity contribution in [3.63, 3.8) is 0 Å². The molecule has 0 aliphatic heterocycles. The summed E-state index contributed by atoms with van der Waals surface area (Å²) >= 11 is 1.35. The molecular formula is C8H10N2O3S. The maximum Gasteiger partial charge on any atom is 0.231 e. The van der Waals surface area contributed by atoms with Gasteiger partial charge in [-0.2, -0.15) is 9.97 Å². The number of hydrogen-bond donors (Lipinski definition) is 0. The predicted molar refractivity (Wildman–Crippen MR) is 52.3 cm³/mol. The van der Waals surface area contributed by atoms with E-state index in [1.807, 2.05) is 6.26 Å². The Kier molecular flexibility index (Phi) is 3.70. The number of rotatable bonds is 4. The molecule has 0 aliphatic carbocycles. The molecule has 0 spiro atoms. The van der Waals surface area contributed by atoms with Crippen LogP contribution in [0, 0.1) is 0 Å². The second-order valence-corrected chi connectivity index (χ2v) is 3.03. The van der Waals surface area contributed by atoms with Gasteiger partial charge < -0.3 is 9.47 Å². The Morgan fingerprint density at radius 2 is 1.71 bits per heavy atom. The highest BCUT2D eigenvalue weighted by molar-refractivity contribution is 7.98. The highest BCUT2D eigenvalue weighted by atomic mass is 32.2. The molecule has 0 N–H and O–H groups in total. The van der Waals surface area contributed by atoms with Gasteiger partial charge in [-0.25, -0.2) is 0 Å². The van der Waals surface area contributed by atoms with Gasteiger partial charge >= 0.3 is 0 Å². The number of thioether (sulfide) groups is 1. The first-order valence-electron chi connectivity index (χ1n) is 3.76. The molecule has 6 heteroatoms. The van der Waals surface area contributed by atoms with E-state index in [0.717, 1.165) is 0 Å². The minimum absolute atomic E-state index is 0.229. The molecule has 0 amide bonds. The molecule has 1 rings (SSSR count). The summed E-state index contributed by atoms with van der Waals surface area (Å²) in [7, 11) is 2.89. The molecule has 1 heterocycles. The summed E-state index contributed by atoms with van der Waals surface area (Å²) in [5, 5.41) is 0.504. The molecule has 14 heavy (non-hydrogen) atoms. The summed E-state index contributed by atoms with van der Waals surface area (Å²) in [5.41, 5.74) is 0.229. The molecule has 1 aromatic rings. The van der Waals surface area contributed by atoms with Crippen LogP contribution < -0.4 is 9.47 Å². The van der Waals surface area contributed by atoms with Crippen LogP contribution >= 0.6 is 11.8 Å². The monoisotopic (exact) mass is 214 g/mol. The topological polar surface area (TPSA) is 61.3 Å². The van der Waals surface area contributed by atoms with Gasteiger partial charge in [0, 0.05) is 0 Å². The molecule has 0 aromatic carbocycles. The molecule has 1 aromatic heterocycles. The van der Waals surface area contributed by atoms with Crippen LogP contribution in [-0.4, -0.2) is 36.7 Å². The summed E-state index contributed by atoms with van der Waals surface area (Å²) in [6.07, 6.45) is 2.44. The van der Waals surface area contributed by atoms with E-state index in [9.17, 15) is 4.79 Å². The third-order valence-corrected chi connectivity index (χ3v) is 2.09. The van der Waals surface area contributed by atoms with E-state index in [4.69, 9.17) is 9.47 Å². The zero-order valence-electron chi connectivity index (χ0n) is 8.10. The van der Waals surface area contributed by atoms with Crippen LogP contribution in [0.5, 0.6) is 11.8 Å². The third-order valence-electron chi connectivity index (χ3n) is 1.54. The van der Waals surface area contributed by atoms with Crippen LogP contribution in [0.15, 0.2) is 5.16 Å². The maximum atomic E-state index is 10.7. The van der Waals surface area contributed by atoms with Crippen molar-refractivity contribution in [3.05, 3.63) is 5.56 Å². The van der Waals surface area contributed by atoms with E-state index >= 15 is 0 Å². The lowest BCUT2D eigenvalue weighted by Crippen LogP contribution is -2.02. The van der Waals surface area contributed by atoms with Gasteiger partial charge in [0.05, 0.1) is 14.2 Å². The van der Waals surface area contributed by atoms with Gasteiger partial charge in [0.25, 0.3) is 0 Å². The Morgan fingerprint density at radius 3 is 2.00 bits per heavy atom. The smallest absolute Gasteiger partial charge is 0.231 e. The summed E-state index contributed by atoms with van der Waals surface area (Å²) in [4.78, 5) is 18.7. The molecule has 0 radical (unpaired) electrons. The van der Waals surface area contributed by atoms with Gasteiger partial charge in [0.15, 0.2) is 11.4 Å². The highest BCUT2D eigenvalue weighted by Crippen LogP contribution is 2.25. The number of hydrogen-bond acceptors (Lipinski definition) is 6. The number of ether oxygens (including phenoxy) is 2. The molecule has 76 valence electrons. The summed E-state index contributed by atoms with van der Waals surface area (Å²) in [6, 6.07) is 0. The lowest BCUT2D eigenvalue weighted by Gasteiger charge is -2.07. The van der Waals surface area contributed by atoms with E-state index in [-0.39, 0.29) is 17.3 Å². The largest absolute Gasteiger partial charge is 0.480 e. The van der Waals surface area contributed by atoms with Crippen LogP contribution in [0.2, 0.25) is 0 Å². The molecule has 5 nitrogen and oxygen atoms in total. The summed E-state index contributed by atoms with van der Waals surface area (Å²) in [5.74, 6) is 0.465. The van der Waals surface area contributed by atoms with E-state index in [1.54, 1.807) is 0 Å². The normalized spacial score (nSPS) is 9.64. The summed E-state index contributed by atoms with van der Waals surface area (Å²) < 4.78 is 9.89. The van der Waals surface area contributed by atoms with Gasteiger partial charge in [0.2, 0.25) is 11.8 Å². The van der Waals surface area contributed by atoms with Crippen molar-refractivity contribution < 1.29 is 14.3 Å². The minimum atomic E-state index is 0.229. The van der Waals surface area contributed by atoms with Crippen LogP contribution in [0.1, 0.15) is 10.4 Å². The van der Waals surface area contributed by atoms with Crippen molar-refractivity contribution in [1.82, 2.24) is 9.97 Å². The highest BCUT2D eigenvalue weighted by Gasteiger charge is 2.14. The van der Waals surface area contributed by atoms with Crippen LogP contribution in [0.4, 0.5) is 0 Å². The van der Waals surface area contributed by atoms with Gasteiger partial charge in [-0.1, -0.05) is 11.8 Å². The first-order chi connectivity index (χ1) is 6.76. The first kappa shape index (κ1) is 10.8. The Bertz CT molecular complexity index is 318. The fraction of sp³-hybridized carbons (Fsp3) is 0.375. The van der Waals surface area contributed by atoms with E-state index in [2.05, 4.69) is 9.97 Å². The van der Waals surface area contributed by atoms with Crippen LogP contribution in [0.3, 0.4) is 0 Å². The lowest BCUT2D eigenvalue weighted by molar-refractivity contribution is 0.111. The SMILES string of the molecule is COc1nc(SC)nc(OC)c1C=O. The molecule has 0 unspecified atom stereocenters. The van der Waals surface area contributed by atoms with Gasteiger partial charge in [-0.3, -0.25) is 4.79 Å². The van der Waals surface area contributed by atoms with Crippen molar-refractivity contribution in [1.29, 1.82) is 0 Å². The fourth-order valence-corrected chi connectivity index (χ4v) is 1.26. The lowest BCUT2D eigenvalue weighted by atomic mass is 10.3. The van der Waals surface area contributed by atoms with E-state index < -0.39 is 0 Å². The molecule has 0 atom stereocenters. The zero-order valence-corrected chi connectivity index (χ0v) is 8.92. The van der Waals surface area contributed by atoms with Gasteiger partial charge in [-0.05, 0) is 6.26 Å². The van der Waals surface area contributed by atoms with Crippen molar-refractivity contribution in [3.8, 4) is 11.8 Å². The maximum absolute atomic E-state index is 10.7. The molecule has 0 bridgehead atoms. The van der Waals surface area contributed by atoms with Gasteiger partial charge in [0.1, 0.15) is 5.56 Å². The van der Waals surface area contributed by atoms with Crippen LogP contribution in [0.25, 0.3) is 0 Å². The van der Waals surface area contributed by atoms with Gasteiger partial charge in [-0.15, -0.1) is 0 Å². The fourth-order valence-electron chi connectivity index (χ4n) is 0.914. The zero-order chi connectivity index (χ0) is 10.6. The Morgan fingerprint density at radius 1 is 1.21 bits per heavy atom. The third kappa shape index (κ3) is 1.95. The number of aldehydes is 1. The molecule has 0 saturated carbocycles. The average Bonchev–Trinajstić information content (AvgIpc) is 2.26. The number of aromatic nitrogens is 2. The number of carbonyl (C=O) groups is 1. The molecule has 0 aliphatic rings. The number of carbonyl (C=O) groups excluding carboxylic acids is 1. The molecular weight excluding hydrogens is 204 g/mol. The minimum Gasteiger partial charge on any atom is -0.480 e. The van der Waals surface area contributed by atoms with E-state index in [1.165, 1.54) is 26.0 Å². The van der Waals surface area contributed by atoms with Crippen molar-refractivity contribution in [2.45, 2.75) is 5.16 Å². The average molecular weight is 214 g/mol. The van der Waals surface area contributed by atoms with E-state index in [0.29, 0.717) is 11.4 Å². The summed E-state index contributed by atoms with van der Waals surface area (Å²) in [6.45, 7) is 0. The molecule has 0 fully saturated rings. The van der Waals surface area contributed by atoms with Crippen molar-refractivity contribution in [2.75, 3.05) is 20.5 Å².